The van der Waals surface area contributed by atoms with Crippen LogP contribution < -0.4 is 5.32 Å². The standard InChI is InChI=1S/C42H60N2O3/c1-27(2)30-16-21-42(43-24-26-44-25-8-9-35(44)45)23-22-40(6)32(36(30)42)14-15-34-39(5)19-17-31(28-10-12-29(13-11-28)37(46)47)38(3,4)33(39)18-20-41(34,40)7/h10-13,17,30,32-34,36,43H,1,8-9,14-16,18-26H2,2-7H3,(H,46,47)/t30-,32+,33-,34+,36+,39-,40+,41+,42-/m0/s1. The van der Waals surface area contributed by atoms with Crippen LogP contribution in [-0.4, -0.2) is 47.1 Å². The molecule has 1 amide bonds. The van der Waals surface area contributed by atoms with E-state index in [1.165, 1.54) is 68.1 Å². The number of rotatable bonds is 7. The highest BCUT2D eigenvalue weighted by molar-refractivity contribution is 5.88. The Bertz CT molecular complexity index is 1480. The van der Waals surface area contributed by atoms with E-state index in [0.717, 1.165) is 38.9 Å². The van der Waals surface area contributed by atoms with E-state index in [1.807, 2.05) is 12.1 Å². The fraction of sp³-hybridized carbons (Fsp3) is 0.714. The molecule has 1 aromatic rings. The highest BCUT2D eigenvalue weighted by Crippen LogP contribution is 2.76. The van der Waals surface area contributed by atoms with Gasteiger partial charge in [0.05, 0.1) is 5.56 Å². The Kier molecular flexibility index (Phi) is 7.98. The first-order valence-corrected chi connectivity index (χ1v) is 18.9. The first-order valence-electron chi connectivity index (χ1n) is 18.9. The molecule has 1 aromatic carbocycles. The Morgan fingerprint density at radius 2 is 1.70 bits per heavy atom. The number of nitrogens with zero attached hydrogens (tertiary/aromatic N) is 1. The van der Waals surface area contributed by atoms with Crippen LogP contribution in [0.4, 0.5) is 0 Å². The minimum atomic E-state index is -0.863. The van der Waals surface area contributed by atoms with Gasteiger partial charge in [0.25, 0.3) is 0 Å². The zero-order valence-corrected chi connectivity index (χ0v) is 30.1. The van der Waals surface area contributed by atoms with E-state index in [2.05, 4.69) is 64.4 Å². The predicted octanol–water partition coefficient (Wildman–Crippen LogP) is 9.00. The second kappa shape index (κ2) is 11.3. The van der Waals surface area contributed by atoms with Crippen molar-refractivity contribution in [2.24, 2.45) is 51.2 Å². The SMILES string of the molecule is C=C(C)[C@@H]1CC[C@]2(NCCN3CCCC3=O)CC[C@]3(C)[C@H](CC[C@@H]4[C@@]5(C)CC=C(c6ccc(C(=O)O)cc6)C(C)(C)[C@@H]5CC[C@]43C)[C@@H]12. The lowest BCUT2D eigenvalue weighted by Crippen LogP contribution is -2.68. The Hall–Kier alpha value is -2.40. The van der Waals surface area contributed by atoms with Crippen molar-refractivity contribution in [2.75, 3.05) is 19.6 Å². The summed E-state index contributed by atoms with van der Waals surface area (Å²) in [4.78, 5) is 26.0. The number of fused-ring (bicyclic) bond motifs is 7. The van der Waals surface area contributed by atoms with Crippen LogP contribution in [0.5, 0.6) is 0 Å². The number of nitrogens with one attached hydrogen (secondary N) is 1. The molecule has 5 aliphatic carbocycles. The fourth-order valence-electron chi connectivity index (χ4n) is 13.7. The topological polar surface area (TPSA) is 69.6 Å². The molecule has 0 bridgehead atoms. The summed E-state index contributed by atoms with van der Waals surface area (Å²) < 4.78 is 0. The van der Waals surface area contributed by atoms with Gasteiger partial charge in [-0.15, -0.1) is 0 Å². The molecule has 2 N–H and O–H groups in total. The quantitative estimate of drug-likeness (QED) is 0.292. The molecule has 0 aromatic heterocycles. The predicted molar refractivity (Wildman–Crippen MR) is 190 cm³/mol. The minimum absolute atomic E-state index is 0.0235. The molecule has 0 radical (unpaired) electrons. The zero-order chi connectivity index (χ0) is 33.6. The summed E-state index contributed by atoms with van der Waals surface area (Å²) in [5.41, 5.74) is 5.35. The summed E-state index contributed by atoms with van der Waals surface area (Å²) in [5, 5.41) is 13.7. The summed E-state index contributed by atoms with van der Waals surface area (Å²) in [6, 6.07) is 7.61. The van der Waals surface area contributed by atoms with Gasteiger partial charge in [-0.25, -0.2) is 4.79 Å². The Morgan fingerprint density at radius 3 is 2.36 bits per heavy atom. The van der Waals surface area contributed by atoms with Gasteiger partial charge in [0, 0.05) is 31.6 Å². The maximum absolute atomic E-state index is 12.4. The summed E-state index contributed by atoms with van der Waals surface area (Å²) in [5.74, 6) is 2.66. The number of carboxylic acids is 1. The lowest BCUT2D eigenvalue weighted by molar-refractivity contribution is -0.219. The molecular weight excluding hydrogens is 580 g/mol. The molecular formula is C42H60N2O3. The van der Waals surface area contributed by atoms with Crippen molar-refractivity contribution in [3.05, 3.63) is 53.6 Å². The van der Waals surface area contributed by atoms with E-state index in [9.17, 15) is 14.7 Å². The molecule has 1 aliphatic heterocycles. The molecule has 47 heavy (non-hydrogen) atoms. The molecule has 6 aliphatic rings. The van der Waals surface area contributed by atoms with E-state index in [-0.39, 0.29) is 16.4 Å². The molecule has 5 fully saturated rings. The first kappa shape index (κ1) is 33.1. The van der Waals surface area contributed by atoms with Crippen LogP contribution in [0.15, 0.2) is 42.5 Å². The summed E-state index contributed by atoms with van der Waals surface area (Å²) in [6.07, 6.45) is 15.6. The second-order valence-corrected chi connectivity index (χ2v) is 18.2. The number of benzene rings is 1. The first-order chi connectivity index (χ1) is 22.2. The van der Waals surface area contributed by atoms with Crippen LogP contribution in [0.1, 0.15) is 128 Å². The van der Waals surface area contributed by atoms with Crippen molar-refractivity contribution in [2.45, 2.75) is 118 Å². The van der Waals surface area contributed by atoms with Gasteiger partial charge in [0.2, 0.25) is 5.91 Å². The number of allylic oxidation sites excluding steroid dienone is 3. The number of carbonyl (C=O) groups excluding carboxylic acids is 1. The van der Waals surface area contributed by atoms with Crippen LogP contribution in [-0.2, 0) is 4.79 Å². The van der Waals surface area contributed by atoms with Crippen LogP contribution >= 0.6 is 0 Å². The molecule has 1 heterocycles. The number of carbonyl (C=O) groups is 2. The maximum Gasteiger partial charge on any atom is 0.335 e. The van der Waals surface area contributed by atoms with Crippen molar-refractivity contribution in [3.63, 3.8) is 0 Å². The van der Waals surface area contributed by atoms with E-state index < -0.39 is 5.97 Å². The van der Waals surface area contributed by atoms with Crippen LogP contribution in [0.3, 0.4) is 0 Å². The lowest BCUT2D eigenvalue weighted by atomic mass is 9.33. The van der Waals surface area contributed by atoms with Gasteiger partial charge < -0.3 is 15.3 Å². The van der Waals surface area contributed by atoms with Gasteiger partial charge in [0.1, 0.15) is 0 Å². The van der Waals surface area contributed by atoms with E-state index in [4.69, 9.17) is 0 Å². The van der Waals surface area contributed by atoms with Crippen molar-refractivity contribution < 1.29 is 14.7 Å². The molecule has 4 saturated carbocycles. The number of aromatic carboxylic acids is 1. The molecule has 5 heteroatoms. The van der Waals surface area contributed by atoms with E-state index in [0.29, 0.717) is 51.9 Å². The normalized spacial score (nSPS) is 42.2. The number of carboxylic acid groups (broad SMARTS) is 1. The molecule has 0 spiro atoms. The van der Waals surface area contributed by atoms with Gasteiger partial charge in [-0.05, 0) is 146 Å². The van der Waals surface area contributed by atoms with Crippen molar-refractivity contribution >= 4 is 17.4 Å². The zero-order valence-electron chi connectivity index (χ0n) is 30.1. The van der Waals surface area contributed by atoms with Crippen LogP contribution in [0, 0.1) is 51.2 Å². The van der Waals surface area contributed by atoms with Gasteiger partial charge in [-0.1, -0.05) is 65.0 Å². The van der Waals surface area contributed by atoms with Crippen molar-refractivity contribution in [1.82, 2.24) is 10.2 Å². The molecule has 0 unspecified atom stereocenters. The minimum Gasteiger partial charge on any atom is -0.478 e. The number of hydrogen-bond acceptors (Lipinski definition) is 3. The molecule has 256 valence electrons. The van der Waals surface area contributed by atoms with Crippen molar-refractivity contribution in [3.8, 4) is 0 Å². The Labute approximate surface area is 284 Å². The summed E-state index contributed by atoms with van der Waals surface area (Å²) >= 11 is 0. The number of likely N-dealkylation sites (tertiary alicyclic amines) is 1. The summed E-state index contributed by atoms with van der Waals surface area (Å²) in [6.45, 7) is 22.6. The van der Waals surface area contributed by atoms with Gasteiger partial charge in [0.15, 0.2) is 0 Å². The third-order valence-corrected chi connectivity index (χ3v) is 16.1. The van der Waals surface area contributed by atoms with Crippen molar-refractivity contribution in [1.29, 1.82) is 0 Å². The van der Waals surface area contributed by atoms with Crippen LogP contribution in [0.25, 0.3) is 5.57 Å². The van der Waals surface area contributed by atoms with E-state index in [1.54, 1.807) is 12.1 Å². The summed E-state index contributed by atoms with van der Waals surface area (Å²) in [7, 11) is 0. The van der Waals surface area contributed by atoms with E-state index >= 15 is 0 Å². The highest BCUT2D eigenvalue weighted by Gasteiger charge is 2.70. The Balaban J connectivity index is 1.17. The van der Waals surface area contributed by atoms with Gasteiger partial charge in [-0.3, -0.25) is 4.79 Å². The fourth-order valence-corrected chi connectivity index (χ4v) is 13.7. The van der Waals surface area contributed by atoms with Gasteiger partial charge in [-0.2, -0.15) is 0 Å². The monoisotopic (exact) mass is 640 g/mol. The molecule has 7 rings (SSSR count). The van der Waals surface area contributed by atoms with Crippen LogP contribution in [0.2, 0.25) is 0 Å². The largest absolute Gasteiger partial charge is 0.478 e. The third kappa shape index (κ3) is 4.78. The molecule has 5 nitrogen and oxygen atoms in total. The maximum atomic E-state index is 12.4. The second-order valence-electron chi connectivity index (χ2n) is 18.2. The smallest absolute Gasteiger partial charge is 0.335 e. The number of amides is 1. The third-order valence-electron chi connectivity index (χ3n) is 16.1. The average molecular weight is 641 g/mol. The number of hydrogen-bond donors (Lipinski definition) is 2. The Morgan fingerprint density at radius 1 is 0.957 bits per heavy atom. The average Bonchev–Trinajstić information content (AvgIpc) is 3.61. The molecule has 9 atom stereocenters. The molecule has 1 saturated heterocycles. The highest BCUT2D eigenvalue weighted by atomic mass is 16.4. The van der Waals surface area contributed by atoms with Gasteiger partial charge >= 0.3 is 5.97 Å². The lowest BCUT2D eigenvalue weighted by Gasteiger charge is -2.72.